The fourth-order valence-electron chi connectivity index (χ4n) is 1.65. The molecule has 14 heavy (non-hydrogen) atoms. The van der Waals surface area contributed by atoms with E-state index in [1.165, 1.54) is 0 Å². The quantitative estimate of drug-likeness (QED) is 0.615. The molecule has 0 unspecified atom stereocenters. The first kappa shape index (κ1) is 12.5. The number of hydrogen-bond donors (Lipinski definition) is 0. The van der Waals surface area contributed by atoms with E-state index < -0.39 is 15.0 Å². The molecule has 1 radical (unpaired) electrons. The van der Waals surface area contributed by atoms with Crippen LogP contribution in [0.5, 0.6) is 0 Å². The minimum Gasteiger partial charge on any atom is -0.263 e. The van der Waals surface area contributed by atoms with Crippen LogP contribution in [0.25, 0.3) is 0 Å². The van der Waals surface area contributed by atoms with Gasteiger partial charge in [-0.25, -0.2) is 0 Å². The smallest absolute Gasteiger partial charge is 0.230 e. The molecule has 0 saturated heterocycles. The number of aliphatic imine (C=N–C) groups is 1. The van der Waals surface area contributed by atoms with E-state index >= 15 is 0 Å². The van der Waals surface area contributed by atoms with Gasteiger partial charge in [0.15, 0.2) is 0 Å². The monoisotopic (exact) mass is 257 g/mol. The lowest BCUT2D eigenvalue weighted by Crippen LogP contribution is -2.51. The molecule has 0 bridgehead atoms. The van der Waals surface area contributed by atoms with E-state index in [1.807, 2.05) is 0 Å². The molecule has 0 aromatic rings. The van der Waals surface area contributed by atoms with Gasteiger partial charge in [0.25, 0.3) is 0 Å². The standard InChI is InChI=1S/C8H12Cl3N2O/c1-6(2)5(8(9,10)11)12-7(3,4)13(6)14/h1-4H3. The van der Waals surface area contributed by atoms with Crippen molar-refractivity contribution in [3.05, 3.63) is 0 Å². The minimum atomic E-state index is -1.63. The molecule has 0 aliphatic carbocycles. The van der Waals surface area contributed by atoms with Crippen molar-refractivity contribution in [1.29, 1.82) is 0 Å². The molecule has 6 heteroatoms. The highest BCUT2D eigenvalue weighted by atomic mass is 35.6. The van der Waals surface area contributed by atoms with Gasteiger partial charge < -0.3 is 0 Å². The first-order chi connectivity index (χ1) is 5.99. The average molecular weight is 259 g/mol. The molecule has 0 spiro atoms. The molecule has 81 valence electrons. The largest absolute Gasteiger partial charge is 0.263 e. The van der Waals surface area contributed by atoms with E-state index in [4.69, 9.17) is 34.8 Å². The minimum absolute atomic E-state index is 0.287. The lowest BCUT2D eigenvalue weighted by atomic mass is 9.99. The van der Waals surface area contributed by atoms with Crippen LogP contribution in [0.2, 0.25) is 0 Å². The summed E-state index contributed by atoms with van der Waals surface area (Å²) in [4.78, 5) is 4.16. The topological polar surface area (TPSA) is 35.5 Å². The number of halogens is 3. The van der Waals surface area contributed by atoms with Crippen molar-refractivity contribution in [3.8, 4) is 0 Å². The molecule has 1 rings (SSSR count). The zero-order valence-electron chi connectivity index (χ0n) is 8.44. The van der Waals surface area contributed by atoms with Crippen molar-refractivity contribution in [1.82, 2.24) is 5.06 Å². The summed E-state index contributed by atoms with van der Waals surface area (Å²) in [7, 11) is 0. The van der Waals surface area contributed by atoms with Gasteiger partial charge in [0.1, 0.15) is 5.66 Å². The number of nitrogens with zero attached hydrogens (tertiary/aromatic N) is 2. The van der Waals surface area contributed by atoms with E-state index in [0.717, 1.165) is 5.06 Å². The van der Waals surface area contributed by atoms with Gasteiger partial charge in [-0.3, -0.25) is 4.99 Å². The fraction of sp³-hybridized carbons (Fsp3) is 0.875. The van der Waals surface area contributed by atoms with Gasteiger partial charge in [-0.2, -0.15) is 0 Å². The fourth-order valence-corrected chi connectivity index (χ4v) is 2.47. The zero-order chi connectivity index (χ0) is 11.4. The summed E-state index contributed by atoms with van der Waals surface area (Å²) >= 11 is 17.3. The lowest BCUT2D eigenvalue weighted by Gasteiger charge is -2.32. The Balaban J connectivity index is 3.20. The summed E-state index contributed by atoms with van der Waals surface area (Å²) in [6, 6.07) is 0. The third-order valence-electron chi connectivity index (χ3n) is 2.24. The average Bonchev–Trinajstić information content (AvgIpc) is 2.10. The van der Waals surface area contributed by atoms with Crippen LogP contribution in [-0.2, 0) is 5.21 Å². The van der Waals surface area contributed by atoms with Gasteiger partial charge in [-0.1, -0.05) is 34.8 Å². The summed E-state index contributed by atoms with van der Waals surface area (Å²) in [5.74, 6) is 0. The highest BCUT2D eigenvalue weighted by molar-refractivity contribution is 6.77. The van der Waals surface area contributed by atoms with Crippen molar-refractivity contribution >= 4 is 40.5 Å². The van der Waals surface area contributed by atoms with Crippen molar-refractivity contribution in [2.75, 3.05) is 0 Å². The Morgan fingerprint density at radius 2 is 1.64 bits per heavy atom. The van der Waals surface area contributed by atoms with Gasteiger partial charge in [-0.15, -0.1) is 10.3 Å². The van der Waals surface area contributed by atoms with E-state index in [9.17, 15) is 5.21 Å². The van der Waals surface area contributed by atoms with Crippen LogP contribution in [0.3, 0.4) is 0 Å². The number of hydroxylamine groups is 2. The highest BCUT2D eigenvalue weighted by Gasteiger charge is 2.54. The second kappa shape index (κ2) is 3.22. The molecular formula is C8H12Cl3N2O. The van der Waals surface area contributed by atoms with E-state index in [-0.39, 0.29) is 5.71 Å². The van der Waals surface area contributed by atoms with Gasteiger partial charge in [0.2, 0.25) is 3.79 Å². The number of alkyl halides is 3. The molecule has 1 heterocycles. The zero-order valence-corrected chi connectivity index (χ0v) is 10.7. The molecular weight excluding hydrogens is 246 g/mol. The van der Waals surface area contributed by atoms with Crippen molar-refractivity contribution < 1.29 is 5.21 Å². The van der Waals surface area contributed by atoms with Gasteiger partial charge in [0.05, 0.1) is 11.3 Å². The molecule has 0 saturated carbocycles. The molecule has 1 aliphatic rings. The molecule has 0 aromatic heterocycles. The summed E-state index contributed by atoms with van der Waals surface area (Å²) in [6.07, 6.45) is 0. The third-order valence-corrected chi connectivity index (χ3v) is 2.78. The summed E-state index contributed by atoms with van der Waals surface area (Å²) in [5, 5.41) is 12.7. The Morgan fingerprint density at radius 3 is 1.79 bits per heavy atom. The summed E-state index contributed by atoms with van der Waals surface area (Å²) in [6.45, 7) is 6.75. The predicted octanol–water partition coefficient (Wildman–Crippen LogP) is 2.97. The van der Waals surface area contributed by atoms with Crippen molar-refractivity contribution in [2.24, 2.45) is 4.99 Å². The molecule has 3 nitrogen and oxygen atoms in total. The van der Waals surface area contributed by atoms with Crippen molar-refractivity contribution in [2.45, 2.75) is 42.7 Å². The van der Waals surface area contributed by atoms with Crippen LogP contribution in [0, 0.1) is 0 Å². The number of rotatable bonds is 0. The first-order valence-electron chi connectivity index (χ1n) is 4.14. The second-order valence-corrected chi connectivity index (χ2v) is 6.59. The Labute approximate surface area is 98.6 Å². The Bertz CT molecular complexity index is 281. The van der Waals surface area contributed by atoms with Crippen LogP contribution in [0.15, 0.2) is 4.99 Å². The Hall–Kier alpha value is 0.460. The summed E-state index contributed by atoms with van der Waals surface area (Å²) < 4.78 is -1.63. The molecule has 0 amide bonds. The third kappa shape index (κ3) is 1.89. The molecule has 0 N–H and O–H groups in total. The highest BCUT2D eigenvalue weighted by Crippen LogP contribution is 2.42. The van der Waals surface area contributed by atoms with E-state index in [2.05, 4.69) is 4.99 Å². The Kier molecular flexibility index (Phi) is 2.89. The van der Waals surface area contributed by atoms with Crippen LogP contribution >= 0.6 is 34.8 Å². The molecule has 1 aliphatic heterocycles. The molecule has 0 aromatic carbocycles. The maximum atomic E-state index is 11.8. The predicted molar refractivity (Wildman–Crippen MR) is 58.4 cm³/mol. The maximum absolute atomic E-state index is 11.8. The lowest BCUT2D eigenvalue weighted by molar-refractivity contribution is -0.241. The van der Waals surface area contributed by atoms with Crippen molar-refractivity contribution in [3.63, 3.8) is 0 Å². The van der Waals surface area contributed by atoms with Gasteiger partial charge in [0, 0.05) is 0 Å². The SMILES string of the molecule is CC1(C)N=C(C(Cl)(Cl)Cl)C(C)(C)N1[O]. The van der Waals surface area contributed by atoms with Crippen LogP contribution < -0.4 is 0 Å². The Morgan fingerprint density at radius 1 is 1.21 bits per heavy atom. The maximum Gasteiger partial charge on any atom is 0.230 e. The first-order valence-corrected chi connectivity index (χ1v) is 5.28. The van der Waals surface area contributed by atoms with Crippen LogP contribution in [0.4, 0.5) is 0 Å². The second-order valence-electron chi connectivity index (χ2n) is 4.31. The number of hydrogen-bond acceptors (Lipinski definition) is 2. The van der Waals surface area contributed by atoms with Gasteiger partial charge >= 0.3 is 0 Å². The van der Waals surface area contributed by atoms with Gasteiger partial charge in [-0.05, 0) is 27.7 Å². The molecule has 0 atom stereocenters. The molecule has 0 fully saturated rings. The normalized spacial score (nSPS) is 26.4. The van der Waals surface area contributed by atoms with E-state index in [1.54, 1.807) is 27.7 Å². The van der Waals surface area contributed by atoms with E-state index in [0.29, 0.717) is 0 Å². The van der Waals surface area contributed by atoms with Crippen LogP contribution in [0.1, 0.15) is 27.7 Å². The summed E-state index contributed by atoms with van der Waals surface area (Å²) in [5.41, 5.74) is -1.47. The van der Waals surface area contributed by atoms with Crippen LogP contribution in [-0.4, -0.2) is 25.8 Å².